The summed E-state index contributed by atoms with van der Waals surface area (Å²) >= 11 is 0. The molecule has 3 N–H and O–H groups in total. The predicted octanol–water partition coefficient (Wildman–Crippen LogP) is 3.40. The minimum atomic E-state index is -0.363. The highest BCUT2D eigenvalue weighted by molar-refractivity contribution is 6.08. The SMILES string of the molecule is O=C(Nc1cn(C2CCC2)cc1C(=O)NC1CC1)c1ccn2ncc(-c3ccc[nH]3)c2n1. The molecule has 4 aromatic rings. The van der Waals surface area contributed by atoms with Crippen molar-refractivity contribution in [3.8, 4) is 11.3 Å². The van der Waals surface area contributed by atoms with E-state index in [1.807, 2.05) is 30.7 Å². The standard InChI is InChI=1S/C23H23N7O2/c31-22(26-14-6-7-14)17-12-29(15-3-1-4-15)13-20(17)28-23(32)19-8-10-30-21(27-19)16(11-25-30)18-5-2-9-24-18/h2,5,8-15,24H,1,3-4,6-7H2,(H,26,31)(H,28,32). The number of fused-ring (bicyclic) bond motifs is 1. The number of H-pyrrole nitrogens is 1. The number of nitrogens with one attached hydrogen (secondary N) is 3. The van der Waals surface area contributed by atoms with E-state index in [0.717, 1.165) is 36.9 Å². The van der Waals surface area contributed by atoms with Crippen molar-refractivity contribution in [1.82, 2.24) is 29.5 Å². The summed E-state index contributed by atoms with van der Waals surface area (Å²) in [7, 11) is 0. The van der Waals surface area contributed by atoms with Crippen LogP contribution >= 0.6 is 0 Å². The molecule has 6 rings (SSSR count). The Labute approximate surface area is 183 Å². The number of anilines is 1. The van der Waals surface area contributed by atoms with E-state index in [1.54, 1.807) is 23.0 Å². The van der Waals surface area contributed by atoms with Gasteiger partial charge >= 0.3 is 0 Å². The first-order chi connectivity index (χ1) is 15.7. The molecule has 9 heteroatoms. The van der Waals surface area contributed by atoms with Crippen molar-refractivity contribution in [3.05, 3.63) is 60.4 Å². The Kier molecular flexibility index (Phi) is 4.34. The second-order valence-corrected chi connectivity index (χ2v) is 8.54. The Morgan fingerprint density at radius 1 is 1.09 bits per heavy atom. The zero-order valence-corrected chi connectivity index (χ0v) is 17.4. The van der Waals surface area contributed by atoms with Gasteiger partial charge in [0.25, 0.3) is 11.8 Å². The number of carbonyl (C=O) groups excluding carboxylic acids is 2. The van der Waals surface area contributed by atoms with Crippen molar-refractivity contribution in [2.24, 2.45) is 0 Å². The van der Waals surface area contributed by atoms with Crippen molar-refractivity contribution in [2.45, 2.75) is 44.2 Å². The van der Waals surface area contributed by atoms with Gasteiger partial charge in [-0.15, -0.1) is 0 Å². The summed E-state index contributed by atoms with van der Waals surface area (Å²) in [5, 5.41) is 10.3. The zero-order valence-electron chi connectivity index (χ0n) is 17.4. The normalized spacial score (nSPS) is 16.1. The maximum atomic E-state index is 13.1. The average molecular weight is 429 g/mol. The van der Waals surface area contributed by atoms with Gasteiger partial charge in [0, 0.05) is 36.9 Å². The minimum Gasteiger partial charge on any atom is -0.361 e. The van der Waals surface area contributed by atoms with E-state index in [-0.39, 0.29) is 23.6 Å². The van der Waals surface area contributed by atoms with Crippen molar-refractivity contribution in [3.63, 3.8) is 0 Å². The molecule has 0 radical (unpaired) electrons. The maximum Gasteiger partial charge on any atom is 0.274 e. The van der Waals surface area contributed by atoms with Crippen molar-refractivity contribution < 1.29 is 9.59 Å². The van der Waals surface area contributed by atoms with Crippen molar-refractivity contribution in [1.29, 1.82) is 0 Å². The summed E-state index contributed by atoms with van der Waals surface area (Å²) in [4.78, 5) is 33.6. The van der Waals surface area contributed by atoms with Gasteiger partial charge in [0.2, 0.25) is 0 Å². The number of hydrogen-bond donors (Lipinski definition) is 3. The fourth-order valence-electron chi connectivity index (χ4n) is 4.01. The zero-order chi connectivity index (χ0) is 21.7. The van der Waals surface area contributed by atoms with Crippen LogP contribution in [0, 0.1) is 0 Å². The van der Waals surface area contributed by atoms with Crippen LogP contribution in [0.15, 0.2) is 49.2 Å². The van der Waals surface area contributed by atoms with Gasteiger partial charge in [-0.05, 0) is 50.3 Å². The van der Waals surface area contributed by atoms with E-state index in [4.69, 9.17) is 0 Å². The van der Waals surface area contributed by atoms with Crippen LogP contribution < -0.4 is 10.6 Å². The smallest absolute Gasteiger partial charge is 0.274 e. The first kappa shape index (κ1) is 18.9. The van der Waals surface area contributed by atoms with Gasteiger partial charge in [-0.3, -0.25) is 9.59 Å². The minimum absolute atomic E-state index is 0.144. The molecule has 0 spiro atoms. The second-order valence-electron chi connectivity index (χ2n) is 8.54. The number of carbonyl (C=O) groups is 2. The molecule has 0 aliphatic heterocycles. The summed E-state index contributed by atoms with van der Waals surface area (Å²) in [6, 6.07) is 6.09. The van der Waals surface area contributed by atoms with Crippen LogP contribution in [0.4, 0.5) is 5.69 Å². The molecule has 0 atom stereocenters. The van der Waals surface area contributed by atoms with Gasteiger partial charge in [0.1, 0.15) is 5.69 Å². The summed E-state index contributed by atoms with van der Waals surface area (Å²) in [5.41, 5.74) is 3.54. The average Bonchev–Trinajstić information content (AvgIpc) is 3.14. The highest BCUT2D eigenvalue weighted by Crippen LogP contribution is 2.34. The van der Waals surface area contributed by atoms with Crippen LogP contribution in [0.5, 0.6) is 0 Å². The fourth-order valence-corrected chi connectivity index (χ4v) is 4.01. The molecule has 2 aliphatic carbocycles. The first-order valence-electron chi connectivity index (χ1n) is 11.0. The number of amides is 2. The molecular formula is C23H23N7O2. The van der Waals surface area contributed by atoms with E-state index in [2.05, 4.69) is 30.3 Å². The molecule has 2 fully saturated rings. The van der Waals surface area contributed by atoms with Crippen LogP contribution in [0.1, 0.15) is 59.0 Å². The molecule has 4 heterocycles. The van der Waals surface area contributed by atoms with E-state index < -0.39 is 0 Å². The van der Waals surface area contributed by atoms with Gasteiger partial charge in [-0.2, -0.15) is 5.10 Å². The molecule has 2 aliphatic rings. The quantitative estimate of drug-likeness (QED) is 0.436. The third kappa shape index (κ3) is 3.35. The molecule has 2 amide bonds. The lowest BCUT2D eigenvalue weighted by Gasteiger charge is -2.26. The second kappa shape index (κ2) is 7.37. The third-order valence-electron chi connectivity index (χ3n) is 6.24. The number of rotatable bonds is 6. The largest absolute Gasteiger partial charge is 0.361 e. The van der Waals surface area contributed by atoms with Crippen LogP contribution in [0.25, 0.3) is 16.9 Å². The number of nitrogens with zero attached hydrogens (tertiary/aromatic N) is 4. The molecule has 32 heavy (non-hydrogen) atoms. The lowest BCUT2D eigenvalue weighted by Crippen LogP contribution is -2.26. The summed E-state index contributed by atoms with van der Waals surface area (Å²) in [6.07, 6.45) is 14.4. The summed E-state index contributed by atoms with van der Waals surface area (Å²) in [6.45, 7) is 0. The van der Waals surface area contributed by atoms with Gasteiger partial charge in [-0.25, -0.2) is 9.50 Å². The van der Waals surface area contributed by atoms with E-state index in [1.165, 1.54) is 6.42 Å². The Morgan fingerprint density at radius 3 is 2.69 bits per heavy atom. The van der Waals surface area contributed by atoms with Crippen LogP contribution in [-0.2, 0) is 0 Å². The lowest BCUT2D eigenvalue weighted by molar-refractivity contribution is 0.0951. The molecule has 0 saturated heterocycles. The van der Waals surface area contributed by atoms with Crippen LogP contribution in [-0.4, -0.2) is 42.0 Å². The Balaban J connectivity index is 1.30. The van der Waals surface area contributed by atoms with Crippen LogP contribution in [0.3, 0.4) is 0 Å². The highest BCUT2D eigenvalue weighted by atomic mass is 16.2. The fraction of sp³-hybridized carbons (Fsp3) is 0.304. The van der Waals surface area contributed by atoms with Crippen molar-refractivity contribution in [2.75, 3.05) is 5.32 Å². The van der Waals surface area contributed by atoms with E-state index in [0.29, 0.717) is 22.9 Å². The molecule has 0 aromatic carbocycles. The van der Waals surface area contributed by atoms with Crippen LogP contribution in [0.2, 0.25) is 0 Å². The van der Waals surface area contributed by atoms with E-state index >= 15 is 0 Å². The number of hydrogen-bond acceptors (Lipinski definition) is 4. The molecule has 0 bridgehead atoms. The Hall–Kier alpha value is -3.88. The highest BCUT2D eigenvalue weighted by Gasteiger charge is 2.28. The molecule has 2 saturated carbocycles. The predicted molar refractivity (Wildman–Crippen MR) is 119 cm³/mol. The molecule has 162 valence electrons. The first-order valence-corrected chi connectivity index (χ1v) is 11.0. The van der Waals surface area contributed by atoms with Gasteiger partial charge in [-0.1, -0.05) is 0 Å². The Morgan fingerprint density at radius 2 is 1.97 bits per heavy atom. The van der Waals surface area contributed by atoms with Gasteiger partial charge in [0.05, 0.1) is 28.7 Å². The number of aromatic nitrogens is 5. The topological polar surface area (TPSA) is 109 Å². The molecular weight excluding hydrogens is 406 g/mol. The van der Waals surface area contributed by atoms with Gasteiger partial charge in [0.15, 0.2) is 5.65 Å². The monoisotopic (exact) mass is 429 g/mol. The van der Waals surface area contributed by atoms with Gasteiger partial charge < -0.3 is 20.2 Å². The molecule has 0 unspecified atom stereocenters. The number of aromatic amines is 1. The molecule has 9 nitrogen and oxygen atoms in total. The Bertz CT molecular complexity index is 1310. The van der Waals surface area contributed by atoms with Crippen molar-refractivity contribution >= 4 is 23.1 Å². The summed E-state index contributed by atoms with van der Waals surface area (Å²) < 4.78 is 3.69. The maximum absolute atomic E-state index is 13.1. The lowest BCUT2D eigenvalue weighted by atomic mass is 9.93. The summed E-state index contributed by atoms with van der Waals surface area (Å²) in [5.74, 6) is -0.507. The molecule has 4 aromatic heterocycles. The van der Waals surface area contributed by atoms with E-state index in [9.17, 15) is 9.59 Å². The third-order valence-corrected chi connectivity index (χ3v) is 6.24.